The highest BCUT2D eigenvalue weighted by atomic mass is 16.3. The van der Waals surface area contributed by atoms with Crippen molar-refractivity contribution < 1.29 is 9.21 Å². The Morgan fingerprint density at radius 1 is 1.27 bits per heavy atom. The molecule has 2 aromatic rings. The molecule has 0 saturated heterocycles. The molecule has 1 atom stereocenters. The average molecular weight is 295 g/mol. The van der Waals surface area contributed by atoms with E-state index in [1.54, 1.807) is 18.4 Å². The number of hydrogen-bond acceptors (Lipinski definition) is 2. The van der Waals surface area contributed by atoms with Crippen LogP contribution in [0.15, 0.2) is 59.2 Å². The standard InChI is InChI=1S/C19H21NO2/c1-15(17-9-10-17)20(14-16-6-3-2-4-7-16)19(21)12-11-18-8-5-13-22-18/h2-8,11-13,15,17H,9-10,14H2,1H3. The van der Waals surface area contributed by atoms with E-state index in [9.17, 15) is 4.79 Å². The zero-order valence-corrected chi connectivity index (χ0v) is 12.8. The van der Waals surface area contributed by atoms with Crippen LogP contribution >= 0.6 is 0 Å². The molecule has 1 fully saturated rings. The maximum Gasteiger partial charge on any atom is 0.247 e. The van der Waals surface area contributed by atoms with Gasteiger partial charge in [-0.15, -0.1) is 0 Å². The lowest BCUT2D eigenvalue weighted by Crippen LogP contribution is -2.38. The van der Waals surface area contributed by atoms with Crippen molar-refractivity contribution in [3.63, 3.8) is 0 Å². The van der Waals surface area contributed by atoms with Gasteiger partial charge in [0.15, 0.2) is 0 Å². The minimum Gasteiger partial charge on any atom is -0.465 e. The van der Waals surface area contributed by atoms with Gasteiger partial charge in [-0.1, -0.05) is 30.3 Å². The second-order valence-electron chi connectivity index (χ2n) is 5.88. The van der Waals surface area contributed by atoms with Gasteiger partial charge in [-0.05, 0) is 49.5 Å². The average Bonchev–Trinajstić information content (AvgIpc) is 3.27. The van der Waals surface area contributed by atoms with Gasteiger partial charge in [0.05, 0.1) is 6.26 Å². The topological polar surface area (TPSA) is 33.5 Å². The predicted molar refractivity (Wildman–Crippen MR) is 86.9 cm³/mol. The molecule has 3 nitrogen and oxygen atoms in total. The van der Waals surface area contributed by atoms with E-state index in [4.69, 9.17) is 4.42 Å². The zero-order chi connectivity index (χ0) is 15.4. The molecule has 0 radical (unpaired) electrons. The summed E-state index contributed by atoms with van der Waals surface area (Å²) in [6.07, 6.45) is 7.41. The monoisotopic (exact) mass is 295 g/mol. The van der Waals surface area contributed by atoms with Crippen molar-refractivity contribution >= 4 is 12.0 Å². The summed E-state index contributed by atoms with van der Waals surface area (Å²) in [4.78, 5) is 14.6. The number of rotatable bonds is 6. The SMILES string of the molecule is CC(C1CC1)N(Cc1ccccc1)C(=O)C=Cc1ccco1. The number of carbonyl (C=O) groups excluding carboxylic acids is 1. The lowest BCUT2D eigenvalue weighted by Gasteiger charge is -2.28. The summed E-state index contributed by atoms with van der Waals surface area (Å²) >= 11 is 0. The summed E-state index contributed by atoms with van der Waals surface area (Å²) in [5.74, 6) is 1.39. The molecule has 1 heterocycles. The first-order chi connectivity index (χ1) is 10.7. The van der Waals surface area contributed by atoms with E-state index in [2.05, 4.69) is 19.1 Å². The number of hydrogen-bond donors (Lipinski definition) is 0. The molecule has 1 saturated carbocycles. The molecule has 0 spiro atoms. The van der Waals surface area contributed by atoms with Crippen molar-refractivity contribution in [3.8, 4) is 0 Å². The van der Waals surface area contributed by atoms with Crippen LogP contribution in [0.1, 0.15) is 31.1 Å². The van der Waals surface area contributed by atoms with E-state index in [1.807, 2.05) is 35.2 Å². The summed E-state index contributed by atoms with van der Waals surface area (Å²) < 4.78 is 5.24. The van der Waals surface area contributed by atoms with Gasteiger partial charge in [0, 0.05) is 18.7 Å². The van der Waals surface area contributed by atoms with Gasteiger partial charge in [0.1, 0.15) is 5.76 Å². The Hall–Kier alpha value is -2.29. The molecule has 22 heavy (non-hydrogen) atoms. The van der Waals surface area contributed by atoms with Gasteiger partial charge in [-0.3, -0.25) is 4.79 Å². The van der Waals surface area contributed by atoms with Crippen molar-refractivity contribution in [1.29, 1.82) is 0 Å². The quantitative estimate of drug-likeness (QED) is 0.751. The lowest BCUT2D eigenvalue weighted by atomic mass is 10.1. The Labute approximate surface area is 131 Å². The van der Waals surface area contributed by atoms with Crippen LogP contribution in [0, 0.1) is 5.92 Å². The van der Waals surface area contributed by atoms with Crippen molar-refractivity contribution in [1.82, 2.24) is 4.90 Å². The predicted octanol–water partition coefficient (Wildman–Crippen LogP) is 4.12. The third-order valence-corrected chi connectivity index (χ3v) is 4.21. The minimum absolute atomic E-state index is 0.0413. The fourth-order valence-electron chi connectivity index (χ4n) is 2.67. The highest BCUT2D eigenvalue weighted by molar-refractivity contribution is 5.91. The normalized spacial score (nSPS) is 15.9. The van der Waals surface area contributed by atoms with Crippen LogP contribution in [0.2, 0.25) is 0 Å². The number of nitrogens with zero attached hydrogens (tertiary/aromatic N) is 1. The highest BCUT2D eigenvalue weighted by Gasteiger charge is 2.33. The molecule has 1 aromatic carbocycles. The van der Waals surface area contributed by atoms with Gasteiger partial charge in [-0.2, -0.15) is 0 Å². The van der Waals surface area contributed by atoms with Crippen LogP contribution < -0.4 is 0 Å². The summed E-state index contributed by atoms with van der Waals surface area (Å²) in [5.41, 5.74) is 1.16. The maximum absolute atomic E-state index is 12.6. The Morgan fingerprint density at radius 2 is 2.05 bits per heavy atom. The van der Waals surface area contributed by atoms with Crippen LogP contribution in [0.5, 0.6) is 0 Å². The summed E-state index contributed by atoms with van der Waals surface area (Å²) in [6, 6.07) is 14.1. The van der Waals surface area contributed by atoms with E-state index in [0.717, 1.165) is 5.56 Å². The van der Waals surface area contributed by atoms with Crippen LogP contribution in [0.3, 0.4) is 0 Å². The summed E-state index contributed by atoms with van der Waals surface area (Å²) in [6.45, 7) is 2.80. The minimum atomic E-state index is 0.0413. The number of amides is 1. The van der Waals surface area contributed by atoms with Crippen molar-refractivity contribution in [2.75, 3.05) is 0 Å². The van der Waals surface area contributed by atoms with Crippen molar-refractivity contribution in [3.05, 3.63) is 66.1 Å². The van der Waals surface area contributed by atoms with E-state index in [0.29, 0.717) is 18.2 Å². The fraction of sp³-hybridized carbons (Fsp3) is 0.316. The molecule has 0 bridgehead atoms. The zero-order valence-electron chi connectivity index (χ0n) is 12.8. The largest absolute Gasteiger partial charge is 0.465 e. The third-order valence-electron chi connectivity index (χ3n) is 4.21. The highest BCUT2D eigenvalue weighted by Crippen LogP contribution is 2.35. The van der Waals surface area contributed by atoms with Crippen LogP contribution in [-0.2, 0) is 11.3 Å². The molecule has 3 heteroatoms. The lowest BCUT2D eigenvalue weighted by molar-refractivity contribution is -0.129. The van der Waals surface area contributed by atoms with Gasteiger partial charge in [0.2, 0.25) is 5.91 Å². The van der Waals surface area contributed by atoms with E-state index in [1.165, 1.54) is 12.8 Å². The molecule has 1 unspecified atom stereocenters. The van der Waals surface area contributed by atoms with Gasteiger partial charge < -0.3 is 9.32 Å². The molecule has 1 aliphatic rings. The molecule has 1 amide bonds. The third kappa shape index (κ3) is 3.67. The number of carbonyl (C=O) groups is 1. The number of furan rings is 1. The molecule has 1 aliphatic carbocycles. The second kappa shape index (κ2) is 6.65. The van der Waals surface area contributed by atoms with Crippen molar-refractivity contribution in [2.45, 2.75) is 32.4 Å². The van der Waals surface area contributed by atoms with Gasteiger partial charge in [0.25, 0.3) is 0 Å². The molecular weight excluding hydrogens is 274 g/mol. The first-order valence-corrected chi connectivity index (χ1v) is 7.80. The van der Waals surface area contributed by atoms with E-state index in [-0.39, 0.29) is 11.9 Å². The fourth-order valence-corrected chi connectivity index (χ4v) is 2.67. The molecule has 114 valence electrons. The first-order valence-electron chi connectivity index (χ1n) is 7.80. The first kappa shape index (κ1) is 14.6. The van der Waals surface area contributed by atoms with E-state index < -0.39 is 0 Å². The van der Waals surface area contributed by atoms with Gasteiger partial charge in [-0.25, -0.2) is 0 Å². The van der Waals surface area contributed by atoms with E-state index >= 15 is 0 Å². The summed E-state index contributed by atoms with van der Waals surface area (Å²) in [7, 11) is 0. The van der Waals surface area contributed by atoms with Gasteiger partial charge >= 0.3 is 0 Å². The Morgan fingerprint density at radius 3 is 2.68 bits per heavy atom. The molecule has 0 aliphatic heterocycles. The van der Waals surface area contributed by atoms with Crippen LogP contribution in [0.25, 0.3) is 6.08 Å². The molecule has 1 aromatic heterocycles. The Balaban J connectivity index is 1.73. The molecule has 0 N–H and O–H groups in total. The smallest absolute Gasteiger partial charge is 0.247 e. The Kier molecular flexibility index (Phi) is 4.42. The second-order valence-corrected chi connectivity index (χ2v) is 5.88. The van der Waals surface area contributed by atoms with Crippen molar-refractivity contribution in [2.24, 2.45) is 5.92 Å². The summed E-state index contributed by atoms with van der Waals surface area (Å²) in [5, 5.41) is 0. The van der Waals surface area contributed by atoms with Crippen LogP contribution in [0.4, 0.5) is 0 Å². The molecular formula is C19H21NO2. The van der Waals surface area contributed by atoms with Crippen LogP contribution in [-0.4, -0.2) is 16.8 Å². The number of benzene rings is 1. The molecule has 3 rings (SSSR count). The Bertz CT molecular complexity index is 627. The maximum atomic E-state index is 12.6.